The largest absolute Gasteiger partial charge is 0.390 e. The monoisotopic (exact) mass is 441 g/mol. The van der Waals surface area contributed by atoms with Crippen molar-refractivity contribution in [3.05, 3.63) is 29.6 Å². The molecular formula is C26H43N5O. The zero-order valence-corrected chi connectivity index (χ0v) is 21.0. The predicted octanol–water partition coefficient (Wildman–Crippen LogP) is 5.30. The van der Waals surface area contributed by atoms with Gasteiger partial charge in [0.05, 0.1) is 12.3 Å². The lowest BCUT2D eigenvalue weighted by Gasteiger charge is -2.42. The van der Waals surface area contributed by atoms with Gasteiger partial charge in [0, 0.05) is 13.6 Å². The van der Waals surface area contributed by atoms with Crippen LogP contribution < -0.4 is 15.5 Å². The van der Waals surface area contributed by atoms with Crippen LogP contribution in [0.4, 0.5) is 17.3 Å². The zero-order chi connectivity index (χ0) is 23.5. The van der Waals surface area contributed by atoms with Crippen molar-refractivity contribution in [3.8, 4) is 0 Å². The van der Waals surface area contributed by atoms with E-state index >= 15 is 0 Å². The van der Waals surface area contributed by atoms with Crippen molar-refractivity contribution in [1.29, 1.82) is 0 Å². The summed E-state index contributed by atoms with van der Waals surface area (Å²) in [6, 6.07) is 0. The van der Waals surface area contributed by atoms with Gasteiger partial charge in [0.25, 0.3) is 0 Å². The highest BCUT2D eigenvalue weighted by molar-refractivity contribution is 5.81. The van der Waals surface area contributed by atoms with Gasteiger partial charge in [-0.3, -0.25) is 0 Å². The fraction of sp³-hybridized carbons (Fsp3) is 0.692. The maximum Gasteiger partial charge on any atom is 0.159 e. The summed E-state index contributed by atoms with van der Waals surface area (Å²) in [6.07, 6.45) is 13.4. The van der Waals surface area contributed by atoms with Gasteiger partial charge >= 0.3 is 0 Å². The van der Waals surface area contributed by atoms with E-state index in [2.05, 4.69) is 59.6 Å². The molecule has 2 aliphatic rings. The van der Waals surface area contributed by atoms with Crippen LogP contribution in [0.2, 0.25) is 0 Å². The minimum absolute atomic E-state index is 0.225. The van der Waals surface area contributed by atoms with E-state index < -0.39 is 5.60 Å². The summed E-state index contributed by atoms with van der Waals surface area (Å²) in [7, 11) is 2.02. The molecule has 0 saturated heterocycles. The third kappa shape index (κ3) is 5.45. The van der Waals surface area contributed by atoms with E-state index in [0.29, 0.717) is 11.7 Å². The summed E-state index contributed by atoms with van der Waals surface area (Å²) >= 11 is 0. The molecule has 0 amide bonds. The smallest absolute Gasteiger partial charge is 0.159 e. The first-order chi connectivity index (χ1) is 15.0. The van der Waals surface area contributed by atoms with Crippen LogP contribution in [-0.4, -0.2) is 40.9 Å². The molecule has 6 nitrogen and oxygen atoms in total. The van der Waals surface area contributed by atoms with Crippen LogP contribution >= 0.6 is 0 Å². The molecule has 1 aliphatic heterocycles. The number of nitrogen functional groups attached to an aromatic ring is 1. The molecule has 0 aromatic carbocycles. The molecule has 178 valence electrons. The molecule has 1 aromatic heterocycles. The van der Waals surface area contributed by atoms with Crippen molar-refractivity contribution < 1.29 is 5.11 Å². The van der Waals surface area contributed by atoms with Crippen LogP contribution in [0, 0.1) is 11.3 Å². The number of nitrogens with two attached hydrogens (primary N) is 1. The van der Waals surface area contributed by atoms with Gasteiger partial charge < -0.3 is 20.6 Å². The van der Waals surface area contributed by atoms with Crippen LogP contribution in [0.5, 0.6) is 0 Å². The van der Waals surface area contributed by atoms with Crippen LogP contribution in [0.3, 0.4) is 0 Å². The van der Waals surface area contributed by atoms with Crippen LogP contribution in [-0.2, 0) is 0 Å². The average Bonchev–Trinajstić information content (AvgIpc) is 3.06. The molecule has 3 N–H and O–H groups in total. The Bertz CT molecular complexity index is 862. The van der Waals surface area contributed by atoms with E-state index in [-0.39, 0.29) is 5.41 Å². The molecule has 3 atom stereocenters. The number of allylic oxidation sites excluding steroid dienone is 3. The first-order valence-corrected chi connectivity index (χ1v) is 12.2. The summed E-state index contributed by atoms with van der Waals surface area (Å²) < 4.78 is 0. The fourth-order valence-electron chi connectivity index (χ4n) is 5.21. The van der Waals surface area contributed by atoms with Gasteiger partial charge in [-0.1, -0.05) is 37.1 Å². The van der Waals surface area contributed by atoms with Gasteiger partial charge in [-0.05, 0) is 77.0 Å². The number of aliphatic hydroxyl groups is 1. The Labute approximate surface area is 194 Å². The maximum absolute atomic E-state index is 11.0. The molecule has 0 spiro atoms. The Hall–Kier alpha value is -2.08. The van der Waals surface area contributed by atoms with Crippen molar-refractivity contribution in [1.82, 2.24) is 9.97 Å². The Balaban J connectivity index is 1.47. The number of aromatic nitrogens is 2. The summed E-state index contributed by atoms with van der Waals surface area (Å²) in [5.74, 6) is 2.11. The quantitative estimate of drug-likeness (QED) is 0.506. The number of nitrogens with zero attached hydrogens (tertiary/aromatic N) is 4. The second-order valence-corrected chi connectivity index (χ2v) is 10.7. The van der Waals surface area contributed by atoms with Gasteiger partial charge in [-0.2, -0.15) is 0 Å². The Morgan fingerprint density at radius 3 is 2.84 bits per heavy atom. The number of anilines is 3. The molecule has 6 heteroatoms. The van der Waals surface area contributed by atoms with Crippen LogP contribution in [0.25, 0.3) is 0 Å². The molecule has 3 unspecified atom stereocenters. The molecule has 0 radical (unpaired) electrons. The van der Waals surface area contributed by atoms with Crippen LogP contribution in [0.15, 0.2) is 29.6 Å². The van der Waals surface area contributed by atoms with Crippen molar-refractivity contribution in [3.63, 3.8) is 0 Å². The number of hydrogen-bond donors (Lipinski definition) is 2. The lowest BCUT2D eigenvalue weighted by Crippen LogP contribution is -2.33. The Morgan fingerprint density at radius 1 is 1.38 bits per heavy atom. The molecule has 1 aromatic rings. The summed E-state index contributed by atoms with van der Waals surface area (Å²) in [4.78, 5) is 12.8. The second kappa shape index (κ2) is 9.82. The number of rotatable bonds is 9. The zero-order valence-electron chi connectivity index (χ0n) is 21.0. The lowest BCUT2D eigenvalue weighted by atomic mass is 9.64. The van der Waals surface area contributed by atoms with Gasteiger partial charge in [-0.15, -0.1) is 0 Å². The summed E-state index contributed by atoms with van der Waals surface area (Å²) in [5.41, 5.74) is 9.49. The molecule has 3 rings (SSSR count). The molecule has 1 aliphatic carbocycles. The highest BCUT2D eigenvalue weighted by Gasteiger charge is 2.36. The normalized spacial score (nSPS) is 25.5. The topological polar surface area (TPSA) is 78.5 Å². The fourth-order valence-corrected chi connectivity index (χ4v) is 5.21. The van der Waals surface area contributed by atoms with Crippen molar-refractivity contribution >= 4 is 17.3 Å². The van der Waals surface area contributed by atoms with E-state index in [1.165, 1.54) is 30.3 Å². The Kier molecular flexibility index (Phi) is 7.53. The summed E-state index contributed by atoms with van der Waals surface area (Å²) in [6.45, 7) is 12.8. The highest BCUT2D eigenvalue weighted by Crippen LogP contribution is 2.46. The van der Waals surface area contributed by atoms with E-state index in [1.807, 2.05) is 14.0 Å². The second-order valence-electron chi connectivity index (χ2n) is 10.7. The first-order valence-electron chi connectivity index (χ1n) is 12.2. The van der Waals surface area contributed by atoms with Gasteiger partial charge in [0.15, 0.2) is 11.6 Å². The predicted molar refractivity (Wildman–Crippen MR) is 135 cm³/mol. The molecule has 0 fully saturated rings. The van der Waals surface area contributed by atoms with Crippen molar-refractivity contribution in [2.24, 2.45) is 11.3 Å². The molecular weight excluding hydrogens is 398 g/mol. The van der Waals surface area contributed by atoms with E-state index in [1.54, 1.807) is 0 Å². The molecule has 32 heavy (non-hydrogen) atoms. The number of hydrogen-bond acceptors (Lipinski definition) is 6. The highest BCUT2D eigenvalue weighted by atomic mass is 16.3. The van der Waals surface area contributed by atoms with Gasteiger partial charge in [0.2, 0.25) is 0 Å². The standard InChI is InChI=1S/C26H43N5O/c1-19(12-16-31-18-30(6)24-22(31)23(27)28-17-29-24)9-8-13-25(4,32)14-15-26(5)20(2)10-7-11-21(26)3/h10,12,17,21,32H,7-9,11,13-16,18H2,1-6H3,(H2,27,28,29). The van der Waals surface area contributed by atoms with Crippen molar-refractivity contribution in [2.75, 3.05) is 35.8 Å². The van der Waals surface area contributed by atoms with Gasteiger partial charge in [-0.25, -0.2) is 9.97 Å². The lowest BCUT2D eigenvalue weighted by molar-refractivity contribution is 0.0230. The molecule has 0 bridgehead atoms. The van der Waals surface area contributed by atoms with Crippen LogP contribution in [0.1, 0.15) is 79.6 Å². The van der Waals surface area contributed by atoms with E-state index in [0.717, 1.165) is 56.8 Å². The molecule has 0 saturated carbocycles. The van der Waals surface area contributed by atoms with Gasteiger partial charge in [0.1, 0.15) is 12.0 Å². The number of fused-ring (bicyclic) bond motifs is 1. The van der Waals surface area contributed by atoms with E-state index in [9.17, 15) is 5.11 Å². The third-order valence-corrected chi connectivity index (χ3v) is 8.06. The minimum Gasteiger partial charge on any atom is -0.390 e. The van der Waals surface area contributed by atoms with Crippen molar-refractivity contribution in [2.45, 2.75) is 85.2 Å². The third-order valence-electron chi connectivity index (χ3n) is 8.06. The molecule has 2 heterocycles. The SMILES string of the molecule is CC(=CCN1CN(C)c2ncnc(N)c21)CCCC(C)(O)CCC1(C)C(C)=CCCC1C. The summed E-state index contributed by atoms with van der Waals surface area (Å²) in [5, 5.41) is 11.0. The Morgan fingerprint density at radius 2 is 2.12 bits per heavy atom. The van der Waals surface area contributed by atoms with E-state index in [4.69, 9.17) is 5.73 Å². The average molecular weight is 442 g/mol. The first kappa shape index (κ1) is 24.6. The maximum atomic E-state index is 11.0. The minimum atomic E-state index is -0.608.